The third-order valence-corrected chi connectivity index (χ3v) is 3.64. The maximum atomic E-state index is 12.0. The van der Waals surface area contributed by atoms with Crippen molar-refractivity contribution < 1.29 is 14.3 Å². The Kier molecular flexibility index (Phi) is 1.76. The van der Waals surface area contributed by atoms with Gasteiger partial charge in [0.1, 0.15) is 0 Å². The Hall–Kier alpha value is -1.64. The minimum atomic E-state index is -0.341. The van der Waals surface area contributed by atoms with Crippen LogP contribution in [0, 0.1) is 5.41 Å². The molecule has 1 saturated carbocycles. The first-order valence-electron chi connectivity index (χ1n) is 5.42. The molecule has 1 aromatic carbocycles. The largest absolute Gasteiger partial charge is 0.465 e. The molecule has 1 spiro atoms. The van der Waals surface area contributed by atoms with Crippen molar-refractivity contribution in [3.8, 4) is 0 Å². The quantitative estimate of drug-likeness (QED) is 0.674. The van der Waals surface area contributed by atoms with Gasteiger partial charge in [-0.05, 0) is 37.0 Å². The van der Waals surface area contributed by atoms with Gasteiger partial charge in [0.2, 0.25) is 0 Å². The Labute approximate surface area is 93.4 Å². The second kappa shape index (κ2) is 2.94. The zero-order chi connectivity index (χ0) is 11.3. The number of benzene rings is 1. The van der Waals surface area contributed by atoms with Gasteiger partial charge in [0.25, 0.3) is 0 Å². The van der Waals surface area contributed by atoms with E-state index in [4.69, 9.17) is 0 Å². The molecule has 1 fully saturated rings. The molecular weight excluding hydrogens is 204 g/mol. The molecule has 0 amide bonds. The van der Waals surface area contributed by atoms with Crippen molar-refractivity contribution in [1.82, 2.24) is 0 Å². The fraction of sp³-hybridized carbons (Fsp3) is 0.385. The highest BCUT2D eigenvalue weighted by molar-refractivity contribution is 6.07. The third kappa shape index (κ3) is 1.14. The van der Waals surface area contributed by atoms with Gasteiger partial charge in [0.15, 0.2) is 5.78 Å². The fourth-order valence-corrected chi connectivity index (χ4v) is 2.49. The first-order valence-corrected chi connectivity index (χ1v) is 5.42. The summed E-state index contributed by atoms with van der Waals surface area (Å²) in [5, 5.41) is 0. The summed E-state index contributed by atoms with van der Waals surface area (Å²) in [7, 11) is 1.36. The molecule has 1 aromatic rings. The molecule has 0 aromatic heterocycles. The van der Waals surface area contributed by atoms with E-state index in [0.29, 0.717) is 5.56 Å². The molecule has 0 N–H and O–H groups in total. The average Bonchev–Trinajstić information content (AvgIpc) is 3.02. The lowest BCUT2D eigenvalue weighted by Crippen LogP contribution is -2.08. The summed E-state index contributed by atoms with van der Waals surface area (Å²) in [6.45, 7) is 0. The van der Waals surface area contributed by atoms with E-state index in [2.05, 4.69) is 4.74 Å². The van der Waals surface area contributed by atoms with Crippen LogP contribution >= 0.6 is 0 Å². The molecule has 0 radical (unpaired) electrons. The fourth-order valence-electron chi connectivity index (χ4n) is 2.49. The van der Waals surface area contributed by atoms with Gasteiger partial charge in [-0.15, -0.1) is 0 Å². The molecule has 2 aliphatic rings. The average molecular weight is 216 g/mol. The van der Waals surface area contributed by atoms with Gasteiger partial charge in [-0.25, -0.2) is 4.79 Å². The summed E-state index contributed by atoms with van der Waals surface area (Å²) in [6.07, 6.45) is 2.79. The molecule has 3 nitrogen and oxygen atoms in total. The number of methoxy groups -OCH3 is 1. The molecule has 0 aliphatic heterocycles. The Balaban J connectivity index is 2.03. The highest BCUT2D eigenvalue weighted by atomic mass is 16.5. The molecule has 82 valence electrons. The topological polar surface area (TPSA) is 43.4 Å². The van der Waals surface area contributed by atoms with Crippen LogP contribution in [0.3, 0.4) is 0 Å². The van der Waals surface area contributed by atoms with E-state index in [0.717, 1.165) is 30.4 Å². The Morgan fingerprint density at radius 3 is 2.75 bits per heavy atom. The number of rotatable bonds is 1. The zero-order valence-corrected chi connectivity index (χ0v) is 9.08. The van der Waals surface area contributed by atoms with Crippen molar-refractivity contribution in [2.45, 2.75) is 19.3 Å². The second-order valence-corrected chi connectivity index (χ2v) is 4.65. The van der Waals surface area contributed by atoms with E-state index in [-0.39, 0.29) is 17.2 Å². The van der Waals surface area contributed by atoms with E-state index >= 15 is 0 Å². The minimum absolute atomic E-state index is 0.100. The monoisotopic (exact) mass is 216 g/mol. The predicted octanol–water partition coefficient (Wildman–Crippen LogP) is 1.99. The number of carbonyl (C=O) groups excluding carboxylic acids is 2. The second-order valence-electron chi connectivity index (χ2n) is 4.65. The number of hydrogen-bond acceptors (Lipinski definition) is 3. The summed E-state index contributed by atoms with van der Waals surface area (Å²) >= 11 is 0. The van der Waals surface area contributed by atoms with Crippen LogP contribution < -0.4 is 0 Å². The molecule has 0 saturated heterocycles. The van der Waals surface area contributed by atoms with Gasteiger partial charge in [0, 0.05) is 11.0 Å². The van der Waals surface area contributed by atoms with Gasteiger partial charge < -0.3 is 4.74 Å². The number of fused-ring (bicyclic) bond motifs is 1. The van der Waals surface area contributed by atoms with Crippen LogP contribution in [0.1, 0.15) is 39.1 Å². The number of ether oxygens (including phenoxy) is 1. The summed E-state index contributed by atoms with van der Waals surface area (Å²) in [6, 6.07) is 5.23. The van der Waals surface area contributed by atoms with Gasteiger partial charge in [0.05, 0.1) is 12.7 Å². The molecular formula is C13H12O3. The summed E-state index contributed by atoms with van der Waals surface area (Å²) in [4.78, 5) is 23.4. The lowest BCUT2D eigenvalue weighted by Gasteiger charge is -2.01. The van der Waals surface area contributed by atoms with E-state index in [9.17, 15) is 9.59 Å². The Bertz CT molecular complexity index is 498. The molecule has 0 unspecified atom stereocenters. The molecule has 3 heteroatoms. The molecule has 16 heavy (non-hydrogen) atoms. The molecule has 0 heterocycles. The van der Waals surface area contributed by atoms with Crippen LogP contribution in [0.4, 0.5) is 0 Å². The minimum Gasteiger partial charge on any atom is -0.465 e. The van der Waals surface area contributed by atoms with Crippen LogP contribution in [-0.2, 0) is 11.2 Å². The normalized spacial score (nSPS) is 19.7. The smallest absolute Gasteiger partial charge is 0.337 e. The molecule has 2 aliphatic carbocycles. The van der Waals surface area contributed by atoms with Gasteiger partial charge >= 0.3 is 5.97 Å². The van der Waals surface area contributed by atoms with Crippen molar-refractivity contribution >= 4 is 11.8 Å². The highest BCUT2D eigenvalue weighted by Gasteiger charge is 2.54. The third-order valence-electron chi connectivity index (χ3n) is 3.64. The Morgan fingerprint density at radius 1 is 1.38 bits per heavy atom. The van der Waals surface area contributed by atoms with Crippen molar-refractivity contribution in [3.63, 3.8) is 0 Å². The maximum absolute atomic E-state index is 12.0. The molecule has 0 atom stereocenters. The van der Waals surface area contributed by atoms with Crippen molar-refractivity contribution in [2.24, 2.45) is 5.41 Å². The molecule has 0 bridgehead atoms. The number of Topliss-reactive ketones (excluding diaryl/α,β-unsaturated/α-hetero) is 1. The highest BCUT2D eigenvalue weighted by Crippen LogP contribution is 2.55. The van der Waals surface area contributed by atoms with Crippen LogP contribution in [0.25, 0.3) is 0 Å². The standard InChI is InChI=1S/C13H12O3/c1-16-12(15)8-2-3-10-9(6-8)7-13(4-5-13)11(10)14/h2-3,6H,4-5,7H2,1H3. The SMILES string of the molecule is COC(=O)c1ccc2c(c1)CC1(CC1)C2=O. The van der Waals surface area contributed by atoms with Gasteiger partial charge in [-0.1, -0.05) is 6.07 Å². The zero-order valence-electron chi connectivity index (χ0n) is 9.08. The van der Waals surface area contributed by atoms with Gasteiger partial charge in [-0.2, -0.15) is 0 Å². The van der Waals surface area contributed by atoms with E-state index in [1.807, 2.05) is 0 Å². The summed E-state index contributed by atoms with van der Waals surface area (Å²) < 4.78 is 4.67. The first-order chi connectivity index (χ1) is 7.66. The number of esters is 1. The molecule has 3 rings (SSSR count). The summed E-state index contributed by atoms with van der Waals surface area (Å²) in [5.41, 5.74) is 2.24. The van der Waals surface area contributed by atoms with Crippen molar-refractivity contribution in [3.05, 3.63) is 34.9 Å². The number of carbonyl (C=O) groups is 2. The van der Waals surface area contributed by atoms with Crippen LogP contribution in [0.5, 0.6) is 0 Å². The maximum Gasteiger partial charge on any atom is 0.337 e. The van der Waals surface area contributed by atoms with E-state index < -0.39 is 0 Å². The first kappa shape index (κ1) is 9.58. The number of ketones is 1. The predicted molar refractivity (Wildman–Crippen MR) is 57.5 cm³/mol. The van der Waals surface area contributed by atoms with Crippen LogP contribution in [0.2, 0.25) is 0 Å². The van der Waals surface area contributed by atoms with Crippen LogP contribution in [0.15, 0.2) is 18.2 Å². The van der Waals surface area contributed by atoms with Gasteiger partial charge in [-0.3, -0.25) is 4.79 Å². The van der Waals surface area contributed by atoms with Crippen molar-refractivity contribution in [1.29, 1.82) is 0 Å². The summed E-state index contributed by atoms with van der Waals surface area (Å²) in [5.74, 6) is -0.0779. The lowest BCUT2D eigenvalue weighted by molar-refractivity contribution is 0.0600. The lowest BCUT2D eigenvalue weighted by atomic mass is 10.0. The van der Waals surface area contributed by atoms with Crippen molar-refractivity contribution in [2.75, 3.05) is 7.11 Å². The van der Waals surface area contributed by atoms with E-state index in [1.165, 1.54) is 7.11 Å². The number of hydrogen-bond donors (Lipinski definition) is 0. The Morgan fingerprint density at radius 2 is 2.12 bits per heavy atom. The van der Waals surface area contributed by atoms with Crippen LogP contribution in [-0.4, -0.2) is 18.9 Å². The van der Waals surface area contributed by atoms with E-state index in [1.54, 1.807) is 18.2 Å².